The number of sulfonamides is 1. The second-order valence-corrected chi connectivity index (χ2v) is 10.6. The van der Waals surface area contributed by atoms with Gasteiger partial charge in [0.15, 0.2) is 0 Å². The SMILES string of the molecule is COc1ccc(N(CC(=O)Nc2ccc(OCc3ccccc3)cc2)S(=O)(=O)c2ccc(C)cc2)c(OC)c1. The normalized spacial score (nSPS) is 10.9. The van der Waals surface area contributed by atoms with E-state index in [4.69, 9.17) is 14.2 Å². The van der Waals surface area contributed by atoms with Crippen molar-refractivity contribution >= 4 is 27.3 Å². The summed E-state index contributed by atoms with van der Waals surface area (Å²) in [5.74, 6) is 0.852. The van der Waals surface area contributed by atoms with Crippen molar-refractivity contribution < 1.29 is 27.4 Å². The lowest BCUT2D eigenvalue weighted by Crippen LogP contribution is -2.38. The maximum absolute atomic E-state index is 13.7. The number of methoxy groups -OCH3 is 2. The molecule has 0 aliphatic carbocycles. The molecule has 0 saturated heterocycles. The molecule has 0 fully saturated rings. The molecule has 0 aliphatic rings. The third-order valence-electron chi connectivity index (χ3n) is 5.94. The number of nitrogens with one attached hydrogen (secondary N) is 1. The van der Waals surface area contributed by atoms with Crippen molar-refractivity contribution in [2.45, 2.75) is 18.4 Å². The van der Waals surface area contributed by atoms with Gasteiger partial charge in [-0.1, -0.05) is 48.0 Å². The standard InChI is InChI=1S/C30H30N2O6S/c1-22-9-16-27(17-10-22)39(34,35)32(28-18-15-26(36-2)19-29(28)37-3)20-30(33)31-24-11-13-25(14-12-24)38-21-23-7-5-4-6-8-23/h4-19H,20-21H2,1-3H3,(H,31,33). The Balaban J connectivity index is 1.55. The van der Waals surface area contributed by atoms with Gasteiger partial charge < -0.3 is 19.5 Å². The van der Waals surface area contributed by atoms with Crippen LogP contribution in [-0.2, 0) is 21.4 Å². The Morgan fingerprint density at radius 3 is 2.13 bits per heavy atom. The Kier molecular flexibility index (Phi) is 8.73. The number of hydrogen-bond acceptors (Lipinski definition) is 6. The van der Waals surface area contributed by atoms with E-state index >= 15 is 0 Å². The molecule has 0 bridgehead atoms. The van der Waals surface area contributed by atoms with Crippen LogP contribution in [0.15, 0.2) is 102 Å². The monoisotopic (exact) mass is 546 g/mol. The van der Waals surface area contributed by atoms with Crippen molar-refractivity contribution in [3.63, 3.8) is 0 Å². The van der Waals surface area contributed by atoms with E-state index in [2.05, 4.69) is 5.32 Å². The predicted octanol–water partition coefficient (Wildman–Crippen LogP) is 5.43. The summed E-state index contributed by atoms with van der Waals surface area (Å²) >= 11 is 0. The summed E-state index contributed by atoms with van der Waals surface area (Å²) in [6, 6.07) is 27.8. The van der Waals surface area contributed by atoms with E-state index in [9.17, 15) is 13.2 Å². The highest BCUT2D eigenvalue weighted by molar-refractivity contribution is 7.92. The smallest absolute Gasteiger partial charge is 0.264 e. The third kappa shape index (κ3) is 6.88. The van der Waals surface area contributed by atoms with Gasteiger partial charge >= 0.3 is 0 Å². The quantitative estimate of drug-likeness (QED) is 0.270. The Bertz CT molecular complexity index is 1510. The molecule has 0 spiro atoms. The predicted molar refractivity (Wildman–Crippen MR) is 151 cm³/mol. The first-order valence-corrected chi connectivity index (χ1v) is 13.6. The number of benzene rings is 4. The van der Waals surface area contributed by atoms with Crippen LogP contribution in [0, 0.1) is 6.92 Å². The second-order valence-electron chi connectivity index (χ2n) is 8.71. The van der Waals surface area contributed by atoms with E-state index in [1.807, 2.05) is 37.3 Å². The fourth-order valence-electron chi connectivity index (χ4n) is 3.83. The number of amides is 1. The molecule has 1 amide bonds. The lowest BCUT2D eigenvalue weighted by molar-refractivity contribution is -0.114. The third-order valence-corrected chi connectivity index (χ3v) is 7.71. The molecule has 9 heteroatoms. The minimum atomic E-state index is -4.12. The molecule has 0 atom stereocenters. The number of anilines is 2. The Labute approximate surface area is 228 Å². The van der Waals surface area contributed by atoms with Crippen LogP contribution in [0.25, 0.3) is 0 Å². The summed E-state index contributed by atoms with van der Waals surface area (Å²) < 4.78 is 45.0. The molecule has 1 N–H and O–H groups in total. The second kappa shape index (κ2) is 12.4. The Morgan fingerprint density at radius 2 is 1.49 bits per heavy atom. The molecule has 8 nitrogen and oxygen atoms in total. The average Bonchev–Trinajstić information content (AvgIpc) is 2.96. The largest absolute Gasteiger partial charge is 0.497 e. The molecule has 0 aromatic heterocycles. The van der Waals surface area contributed by atoms with Crippen LogP contribution >= 0.6 is 0 Å². The van der Waals surface area contributed by atoms with Crippen molar-refractivity contribution in [2.75, 3.05) is 30.4 Å². The van der Waals surface area contributed by atoms with E-state index in [0.29, 0.717) is 23.8 Å². The van der Waals surface area contributed by atoms with E-state index < -0.39 is 22.5 Å². The first kappa shape index (κ1) is 27.5. The summed E-state index contributed by atoms with van der Waals surface area (Å²) in [5.41, 5.74) is 2.66. The van der Waals surface area contributed by atoms with Gasteiger partial charge in [0.1, 0.15) is 30.4 Å². The summed E-state index contributed by atoms with van der Waals surface area (Å²) in [6.45, 7) is 1.80. The van der Waals surface area contributed by atoms with Crippen LogP contribution in [0.3, 0.4) is 0 Å². The molecule has 202 valence electrons. The van der Waals surface area contributed by atoms with Crippen LogP contribution in [0.4, 0.5) is 11.4 Å². The van der Waals surface area contributed by atoms with Crippen molar-refractivity contribution in [3.8, 4) is 17.2 Å². The van der Waals surface area contributed by atoms with Gasteiger partial charge in [0.25, 0.3) is 10.0 Å². The van der Waals surface area contributed by atoms with Crippen LogP contribution in [0.5, 0.6) is 17.2 Å². The fraction of sp³-hybridized carbons (Fsp3) is 0.167. The van der Waals surface area contributed by atoms with E-state index in [1.165, 1.54) is 26.4 Å². The molecule has 0 radical (unpaired) electrons. The molecule has 4 rings (SSSR count). The molecule has 4 aromatic rings. The number of carbonyl (C=O) groups excluding carboxylic acids is 1. The van der Waals surface area contributed by atoms with Crippen LogP contribution in [-0.4, -0.2) is 35.1 Å². The van der Waals surface area contributed by atoms with Gasteiger partial charge in [-0.25, -0.2) is 8.42 Å². The minimum absolute atomic E-state index is 0.0543. The number of nitrogens with zero attached hydrogens (tertiary/aromatic N) is 1. The van der Waals surface area contributed by atoms with Gasteiger partial charge in [-0.3, -0.25) is 9.10 Å². The summed E-state index contributed by atoms with van der Waals surface area (Å²) in [7, 11) is -1.19. The molecule has 0 unspecified atom stereocenters. The summed E-state index contributed by atoms with van der Waals surface area (Å²) in [6.07, 6.45) is 0. The molecular weight excluding hydrogens is 516 g/mol. The minimum Gasteiger partial charge on any atom is -0.497 e. The maximum atomic E-state index is 13.7. The van der Waals surface area contributed by atoms with Gasteiger partial charge in [0.2, 0.25) is 5.91 Å². The number of rotatable bonds is 11. The zero-order valence-electron chi connectivity index (χ0n) is 22.0. The first-order valence-electron chi connectivity index (χ1n) is 12.2. The fourth-order valence-corrected chi connectivity index (χ4v) is 5.27. The maximum Gasteiger partial charge on any atom is 0.264 e. The lowest BCUT2D eigenvalue weighted by atomic mass is 10.2. The lowest BCUT2D eigenvalue weighted by Gasteiger charge is -2.26. The van der Waals surface area contributed by atoms with Gasteiger partial charge in [0, 0.05) is 11.8 Å². The van der Waals surface area contributed by atoms with E-state index in [0.717, 1.165) is 15.4 Å². The Morgan fingerprint density at radius 1 is 0.821 bits per heavy atom. The topological polar surface area (TPSA) is 94.2 Å². The summed E-state index contributed by atoms with van der Waals surface area (Å²) in [5, 5.41) is 2.77. The van der Waals surface area contributed by atoms with Crippen LogP contribution < -0.4 is 23.8 Å². The zero-order chi connectivity index (χ0) is 27.8. The molecular formula is C30H30N2O6S. The molecule has 0 heterocycles. The Hall–Kier alpha value is -4.50. The van der Waals surface area contributed by atoms with Gasteiger partial charge in [-0.05, 0) is 61.0 Å². The molecule has 4 aromatic carbocycles. The molecule has 0 saturated carbocycles. The van der Waals surface area contributed by atoms with Crippen molar-refractivity contribution in [2.24, 2.45) is 0 Å². The van der Waals surface area contributed by atoms with Crippen LogP contribution in [0.2, 0.25) is 0 Å². The first-order chi connectivity index (χ1) is 18.8. The number of ether oxygens (including phenoxy) is 3. The highest BCUT2D eigenvalue weighted by Crippen LogP contribution is 2.35. The number of aryl methyl sites for hydroxylation is 1. The van der Waals surface area contributed by atoms with Gasteiger partial charge in [0.05, 0.1) is 24.8 Å². The summed E-state index contributed by atoms with van der Waals surface area (Å²) in [4.78, 5) is 13.2. The number of hydrogen-bond donors (Lipinski definition) is 1. The van der Waals surface area contributed by atoms with Gasteiger partial charge in [-0.2, -0.15) is 0 Å². The molecule has 0 aliphatic heterocycles. The van der Waals surface area contributed by atoms with E-state index in [-0.39, 0.29) is 16.3 Å². The van der Waals surface area contributed by atoms with Crippen molar-refractivity contribution in [1.29, 1.82) is 0 Å². The highest BCUT2D eigenvalue weighted by Gasteiger charge is 2.29. The number of carbonyl (C=O) groups is 1. The van der Waals surface area contributed by atoms with Crippen LogP contribution in [0.1, 0.15) is 11.1 Å². The van der Waals surface area contributed by atoms with E-state index in [1.54, 1.807) is 54.6 Å². The molecule has 39 heavy (non-hydrogen) atoms. The average molecular weight is 547 g/mol. The zero-order valence-corrected chi connectivity index (χ0v) is 22.8. The van der Waals surface area contributed by atoms with Gasteiger partial charge in [-0.15, -0.1) is 0 Å². The highest BCUT2D eigenvalue weighted by atomic mass is 32.2. The van der Waals surface area contributed by atoms with Crippen molar-refractivity contribution in [1.82, 2.24) is 0 Å². The van der Waals surface area contributed by atoms with Crippen molar-refractivity contribution in [3.05, 3.63) is 108 Å².